The number of rotatable bonds is 7. The molecule has 0 amide bonds. The molecule has 0 bridgehead atoms. The minimum atomic E-state index is -0.907. The van der Waals surface area contributed by atoms with Gasteiger partial charge in [-0.05, 0) is 29.2 Å². The van der Waals surface area contributed by atoms with Crippen LogP contribution in [0.15, 0.2) is 60.8 Å². The first-order valence-electron chi connectivity index (χ1n) is 8.17. The molecular weight excluding hydrogens is 316 g/mol. The Kier molecular flexibility index (Phi) is 6.31. The molecule has 1 unspecified atom stereocenters. The molecule has 0 aliphatic rings. The number of allylic oxidation sites excluding steroid dienone is 1. The Bertz CT molecular complexity index is 721. The third-order valence-electron chi connectivity index (χ3n) is 3.35. The number of para-hydroxylation sites is 1. The highest BCUT2D eigenvalue weighted by atomic mass is 16.5. The number of benzene rings is 1. The Balaban J connectivity index is 2.01. The molecule has 0 saturated heterocycles. The summed E-state index contributed by atoms with van der Waals surface area (Å²) in [6.07, 6.45) is 5.23. The average Bonchev–Trinajstić information content (AvgIpc) is 2.55. The Morgan fingerprint density at radius 2 is 2.00 bits per heavy atom. The predicted octanol–water partition coefficient (Wildman–Crippen LogP) is 4.02. The third kappa shape index (κ3) is 6.77. The number of carbonyl (C=O) groups is 1. The summed E-state index contributed by atoms with van der Waals surface area (Å²) in [4.78, 5) is 15.6. The van der Waals surface area contributed by atoms with Crippen molar-refractivity contribution >= 4 is 5.97 Å². The summed E-state index contributed by atoms with van der Waals surface area (Å²) in [6, 6.07) is 12.3. The molecule has 5 heteroatoms. The summed E-state index contributed by atoms with van der Waals surface area (Å²) in [5.41, 5.74) is 0.833. The number of ether oxygens (including phenoxy) is 1. The molecule has 0 radical (unpaired) electrons. The third-order valence-corrected chi connectivity index (χ3v) is 3.35. The Labute approximate surface area is 148 Å². The highest BCUT2D eigenvalue weighted by molar-refractivity contribution is 5.75. The summed E-state index contributed by atoms with van der Waals surface area (Å²) in [5, 5.41) is 12.4. The van der Waals surface area contributed by atoms with Gasteiger partial charge >= 0.3 is 5.97 Å². The van der Waals surface area contributed by atoms with E-state index in [1.54, 1.807) is 18.3 Å². The second kappa shape index (κ2) is 8.44. The zero-order valence-corrected chi connectivity index (χ0v) is 14.8. The number of carboxylic acids is 1. The fourth-order valence-corrected chi connectivity index (χ4v) is 2.08. The van der Waals surface area contributed by atoms with Gasteiger partial charge in [-0.1, -0.05) is 51.1 Å². The normalized spacial score (nSPS) is 12.9. The zero-order valence-electron chi connectivity index (χ0n) is 14.8. The molecule has 1 heterocycles. The van der Waals surface area contributed by atoms with Crippen LogP contribution < -0.4 is 10.1 Å². The van der Waals surface area contributed by atoms with Gasteiger partial charge in [0.2, 0.25) is 5.88 Å². The van der Waals surface area contributed by atoms with Crippen molar-refractivity contribution in [1.29, 1.82) is 0 Å². The van der Waals surface area contributed by atoms with Crippen LogP contribution >= 0.6 is 0 Å². The lowest BCUT2D eigenvalue weighted by atomic mass is 9.95. The lowest BCUT2D eigenvalue weighted by molar-refractivity contribution is -0.138. The van der Waals surface area contributed by atoms with Gasteiger partial charge in [0, 0.05) is 18.8 Å². The van der Waals surface area contributed by atoms with Crippen molar-refractivity contribution in [1.82, 2.24) is 10.3 Å². The van der Waals surface area contributed by atoms with Gasteiger partial charge in [0.05, 0.1) is 0 Å². The monoisotopic (exact) mass is 340 g/mol. The van der Waals surface area contributed by atoms with E-state index in [4.69, 9.17) is 4.74 Å². The molecule has 0 fully saturated rings. The van der Waals surface area contributed by atoms with Gasteiger partial charge in [0.15, 0.2) is 0 Å². The number of hydrogen-bond donors (Lipinski definition) is 2. The van der Waals surface area contributed by atoms with E-state index in [0.29, 0.717) is 18.2 Å². The van der Waals surface area contributed by atoms with E-state index in [1.165, 1.54) is 0 Å². The number of nitrogens with zero attached hydrogens (tertiary/aromatic N) is 1. The maximum atomic E-state index is 11.4. The van der Waals surface area contributed by atoms with Gasteiger partial charge in [0.1, 0.15) is 11.8 Å². The van der Waals surface area contributed by atoms with Crippen LogP contribution in [0.4, 0.5) is 0 Å². The minimum absolute atomic E-state index is 0.0667. The molecule has 2 rings (SSSR count). The van der Waals surface area contributed by atoms with E-state index in [-0.39, 0.29) is 5.41 Å². The maximum Gasteiger partial charge on any atom is 0.324 e. The first-order valence-corrected chi connectivity index (χ1v) is 8.17. The maximum absolute atomic E-state index is 11.4. The van der Waals surface area contributed by atoms with E-state index >= 15 is 0 Å². The van der Waals surface area contributed by atoms with Crippen molar-refractivity contribution < 1.29 is 14.6 Å². The highest BCUT2D eigenvalue weighted by Gasteiger charge is 2.15. The van der Waals surface area contributed by atoms with E-state index in [9.17, 15) is 9.90 Å². The van der Waals surface area contributed by atoms with Crippen LogP contribution in [0.2, 0.25) is 0 Å². The molecule has 1 atom stereocenters. The van der Waals surface area contributed by atoms with E-state index in [2.05, 4.69) is 10.3 Å². The Morgan fingerprint density at radius 1 is 1.28 bits per heavy atom. The predicted molar refractivity (Wildman–Crippen MR) is 97.6 cm³/mol. The lowest BCUT2D eigenvalue weighted by Crippen LogP contribution is -2.34. The van der Waals surface area contributed by atoms with Crippen molar-refractivity contribution in [2.45, 2.75) is 33.4 Å². The SMILES string of the molecule is CC(C)(C)/C=C/C(NCc1ccnc(Oc2ccccc2)c1)C(=O)O. The Morgan fingerprint density at radius 3 is 2.64 bits per heavy atom. The number of carboxylic acid groups (broad SMARTS) is 1. The molecule has 0 aliphatic carbocycles. The molecule has 0 aliphatic heterocycles. The molecule has 1 aromatic heterocycles. The van der Waals surface area contributed by atoms with E-state index in [1.807, 2.05) is 63.2 Å². The first-order chi connectivity index (χ1) is 11.8. The fraction of sp³-hybridized carbons (Fsp3) is 0.300. The largest absolute Gasteiger partial charge is 0.480 e. The second-order valence-electron chi connectivity index (χ2n) is 6.84. The van der Waals surface area contributed by atoms with Crippen molar-refractivity contribution in [3.8, 4) is 11.6 Å². The van der Waals surface area contributed by atoms with Gasteiger partial charge in [-0.2, -0.15) is 0 Å². The molecule has 1 aromatic carbocycles. The number of hydrogen-bond acceptors (Lipinski definition) is 4. The smallest absolute Gasteiger partial charge is 0.324 e. The number of aromatic nitrogens is 1. The van der Waals surface area contributed by atoms with E-state index in [0.717, 1.165) is 5.56 Å². The molecule has 0 spiro atoms. The summed E-state index contributed by atoms with van der Waals surface area (Å²) >= 11 is 0. The average molecular weight is 340 g/mol. The van der Waals surface area contributed by atoms with Crippen LogP contribution in [0.3, 0.4) is 0 Å². The van der Waals surface area contributed by atoms with Crippen molar-refractivity contribution in [2.75, 3.05) is 0 Å². The number of nitrogens with one attached hydrogen (secondary N) is 1. The summed E-state index contributed by atoms with van der Waals surface area (Å²) in [5.74, 6) is 0.273. The minimum Gasteiger partial charge on any atom is -0.480 e. The molecule has 2 N–H and O–H groups in total. The molecule has 5 nitrogen and oxygen atoms in total. The summed E-state index contributed by atoms with van der Waals surface area (Å²) in [7, 11) is 0. The molecular formula is C20H24N2O3. The molecule has 132 valence electrons. The quantitative estimate of drug-likeness (QED) is 0.745. The van der Waals surface area contributed by atoms with Crippen LogP contribution in [0.1, 0.15) is 26.3 Å². The fourth-order valence-electron chi connectivity index (χ4n) is 2.08. The van der Waals surface area contributed by atoms with Crippen LogP contribution in [0, 0.1) is 5.41 Å². The number of aliphatic carboxylic acids is 1. The van der Waals surface area contributed by atoms with Crippen LogP contribution in [-0.4, -0.2) is 22.1 Å². The van der Waals surface area contributed by atoms with Gasteiger partial charge in [0.25, 0.3) is 0 Å². The van der Waals surface area contributed by atoms with Crippen molar-refractivity contribution in [2.24, 2.45) is 5.41 Å². The van der Waals surface area contributed by atoms with Gasteiger partial charge in [-0.15, -0.1) is 0 Å². The highest BCUT2D eigenvalue weighted by Crippen LogP contribution is 2.19. The second-order valence-corrected chi connectivity index (χ2v) is 6.84. The lowest BCUT2D eigenvalue weighted by Gasteiger charge is -2.15. The summed E-state index contributed by atoms with van der Waals surface area (Å²) in [6.45, 7) is 6.48. The Hall–Kier alpha value is -2.66. The number of pyridine rings is 1. The topological polar surface area (TPSA) is 71.5 Å². The molecule has 2 aromatic rings. The molecule has 25 heavy (non-hydrogen) atoms. The van der Waals surface area contributed by atoms with Gasteiger partial charge < -0.3 is 9.84 Å². The van der Waals surface area contributed by atoms with Crippen molar-refractivity contribution in [3.63, 3.8) is 0 Å². The van der Waals surface area contributed by atoms with Gasteiger partial charge in [-0.3, -0.25) is 10.1 Å². The van der Waals surface area contributed by atoms with Gasteiger partial charge in [-0.25, -0.2) is 4.98 Å². The van der Waals surface area contributed by atoms with Crippen LogP contribution in [0.5, 0.6) is 11.6 Å². The zero-order chi connectivity index (χ0) is 18.3. The van der Waals surface area contributed by atoms with Crippen molar-refractivity contribution in [3.05, 3.63) is 66.4 Å². The standard InChI is InChI=1S/C20H24N2O3/c1-20(2,3)11-9-17(19(23)24)22-14-15-10-12-21-18(13-15)25-16-7-5-4-6-8-16/h4-13,17,22H,14H2,1-3H3,(H,23,24)/b11-9+. The molecule has 0 saturated carbocycles. The summed E-state index contributed by atoms with van der Waals surface area (Å²) < 4.78 is 5.70. The first kappa shape index (κ1) is 18.7. The van der Waals surface area contributed by atoms with Crippen LogP contribution in [0.25, 0.3) is 0 Å². The van der Waals surface area contributed by atoms with Crippen LogP contribution in [-0.2, 0) is 11.3 Å². The van der Waals surface area contributed by atoms with E-state index < -0.39 is 12.0 Å².